The number of benzene rings is 1. The number of nitrogens with two attached hydrogens (primary N) is 1. The van der Waals surface area contributed by atoms with E-state index in [1.54, 1.807) is 0 Å². The van der Waals surface area contributed by atoms with Gasteiger partial charge in [-0.3, -0.25) is 4.79 Å². The minimum atomic E-state index is -4.50. The first-order chi connectivity index (χ1) is 13.0. The molecule has 0 spiro atoms. The van der Waals surface area contributed by atoms with Crippen molar-refractivity contribution in [1.29, 1.82) is 0 Å². The number of primary sulfonamides is 1. The van der Waals surface area contributed by atoms with E-state index in [-0.39, 0.29) is 28.6 Å². The first-order valence-electron chi connectivity index (χ1n) is 7.63. The third-order valence-corrected chi connectivity index (χ3v) is 4.29. The Balaban J connectivity index is 2.12. The number of hydrogen-bond acceptors (Lipinski definition) is 6. The van der Waals surface area contributed by atoms with E-state index in [2.05, 4.69) is 15.0 Å². The SMILES string of the molecule is COc1ccc(S(N)(=O)=O)cc1C(=O)NCc1ccnc(OCC(F)(F)F)c1. The number of ether oxygens (including phenoxy) is 2. The fourth-order valence-electron chi connectivity index (χ4n) is 2.11. The molecule has 0 fully saturated rings. The minimum Gasteiger partial charge on any atom is -0.496 e. The summed E-state index contributed by atoms with van der Waals surface area (Å²) in [6, 6.07) is 6.25. The van der Waals surface area contributed by atoms with E-state index in [0.29, 0.717) is 5.56 Å². The first kappa shape index (κ1) is 21.4. The Bertz CT molecular complexity index is 964. The van der Waals surface area contributed by atoms with Crippen molar-refractivity contribution in [3.8, 4) is 11.6 Å². The highest BCUT2D eigenvalue weighted by atomic mass is 32.2. The van der Waals surface area contributed by atoms with Crippen LogP contribution in [-0.2, 0) is 16.6 Å². The molecule has 1 amide bonds. The van der Waals surface area contributed by atoms with Crippen LogP contribution in [0.4, 0.5) is 13.2 Å². The third kappa shape index (κ3) is 6.09. The lowest BCUT2D eigenvalue weighted by molar-refractivity contribution is -0.154. The summed E-state index contributed by atoms with van der Waals surface area (Å²) in [5.74, 6) is -0.802. The van der Waals surface area contributed by atoms with Crippen molar-refractivity contribution in [1.82, 2.24) is 10.3 Å². The Morgan fingerprint density at radius 2 is 1.96 bits per heavy atom. The topological polar surface area (TPSA) is 121 Å². The predicted molar refractivity (Wildman–Crippen MR) is 91.3 cm³/mol. The van der Waals surface area contributed by atoms with Crippen molar-refractivity contribution in [3.05, 3.63) is 47.7 Å². The average molecular weight is 419 g/mol. The van der Waals surface area contributed by atoms with Gasteiger partial charge in [0.1, 0.15) is 5.75 Å². The molecular weight excluding hydrogens is 403 g/mol. The van der Waals surface area contributed by atoms with Gasteiger partial charge in [0.15, 0.2) is 6.61 Å². The van der Waals surface area contributed by atoms with Gasteiger partial charge in [0.05, 0.1) is 17.6 Å². The van der Waals surface area contributed by atoms with E-state index >= 15 is 0 Å². The maximum atomic E-state index is 12.4. The van der Waals surface area contributed by atoms with E-state index in [1.165, 1.54) is 37.6 Å². The molecule has 1 aromatic heterocycles. The van der Waals surface area contributed by atoms with Crippen molar-refractivity contribution in [2.45, 2.75) is 17.6 Å². The predicted octanol–water partition coefficient (Wildman–Crippen LogP) is 1.61. The van der Waals surface area contributed by atoms with Gasteiger partial charge in [-0.1, -0.05) is 0 Å². The standard InChI is InChI=1S/C16H16F3N3O5S/c1-26-13-3-2-11(28(20,24)25)7-12(13)15(23)22-8-10-4-5-21-14(6-10)27-9-16(17,18)19/h2-7H,8-9H2,1H3,(H,22,23)(H2,20,24,25). The molecule has 0 aliphatic carbocycles. The number of carbonyl (C=O) groups excluding carboxylic acids is 1. The van der Waals surface area contributed by atoms with Crippen LogP contribution in [0.25, 0.3) is 0 Å². The van der Waals surface area contributed by atoms with E-state index in [1.807, 2.05) is 0 Å². The number of pyridine rings is 1. The molecule has 28 heavy (non-hydrogen) atoms. The van der Waals surface area contributed by atoms with Crippen molar-refractivity contribution >= 4 is 15.9 Å². The van der Waals surface area contributed by atoms with Crippen LogP contribution in [0.1, 0.15) is 15.9 Å². The average Bonchev–Trinajstić information content (AvgIpc) is 2.63. The zero-order chi connectivity index (χ0) is 20.9. The smallest absolute Gasteiger partial charge is 0.422 e. The fraction of sp³-hybridized carbons (Fsp3) is 0.250. The van der Waals surface area contributed by atoms with Gasteiger partial charge in [-0.05, 0) is 29.8 Å². The number of nitrogens with zero attached hydrogens (tertiary/aromatic N) is 1. The molecule has 152 valence electrons. The maximum absolute atomic E-state index is 12.4. The van der Waals surface area contributed by atoms with Gasteiger partial charge >= 0.3 is 6.18 Å². The number of sulfonamides is 1. The van der Waals surface area contributed by atoms with Crippen LogP contribution in [-0.4, -0.2) is 39.2 Å². The molecule has 1 heterocycles. The van der Waals surface area contributed by atoms with Crippen molar-refractivity contribution < 1.29 is 35.9 Å². The number of aromatic nitrogens is 1. The molecule has 0 bridgehead atoms. The lowest BCUT2D eigenvalue weighted by Gasteiger charge is -2.12. The molecule has 0 radical (unpaired) electrons. The van der Waals surface area contributed by atoms with E-state index in [4.69, 9.17) is 9.88 Å². The number of methoxy groups -OCH3 is 1. The number of amides is 1. The number of nitrogens with one attached hydrogen (secondary N) is 1. The molecule has 0 saturated heterocycles. The summed E-state index contributed by atoms with van der Waals surface area (Å²) in [7, 11) is -2.73. The van der Waals surface area contributed by atoms with Crippen molar-refractivity contribution in [3.63, 3.8) is 0 Å². The zero-order valence-corrected chi connectivity index (χ0v) is 15.3. The summed E-state index contributed by atoms with van der Waals surface area (Å²) in [6.07, 6.45) is -3.27. The second-order valence-corrected chi connectivity index (χ2v) is 7.06. The van der Waals surface area contributed by atoms with Gasteiger partial charge in [0.25, 0.3) is 5.91 Å². The summed E-state index contributed by atoms with van der Waals surface area (Å²) >= 11 is 0. The van der Waals surface area contributed by atoms with Crippen LogP contribution in [0.3, 0.4) is 0 Å². The fourth-order valence-corrected chi connectivity index (χ4v) is 2.65. The van der Waals surface area contributed by atoms with Crippen LogP contribution in [0.5, 0.6) is 11.6 Å². The molecule has 12 heteroatoms. The second-order valence-electron chi connectivity index (χ2n) is 5.50. The Morgan fingerprint density at radius 3 is 2.57 bits per heavy atom. The summed E-state index contributed by atoms with van der Waals surface area (Å²) in [6.45, 7) is -1.57. The molecule has 2 aromatic rings. The first-order valence-corrected chi connectivity index (χ1v) is 9.18. The van der Waals surface area contributed by atoms with Crippen LogP contribution in [0, 0.1) is 0 Å². The highest BCUT2D eigenvalue weighted by Gasteiger charge is 2.28. The molecule has 3 N–H and O–H groups in total. The molecule has 1 aromatic carbocycles. The molecule has 2 rings (SSSR count). The Kier molecular flexibility index (Phi) is 6.46. The zero-order valence-electron chi connectivity index (χ0n) is 14.5. The van der Waals surface area contributed by atoms with E-state index in [9.17, 15) is 26.4 Å². The normalized spacial score (nSPS) is 11.8. The highest BCUT2D eigenvalue weighted by Crippen LogP contribution is 2.22. The molecule has 8 nitrogen and oxygen atoms in total. The van der Waals surface area contributed by atoms with Crippen molar-refractivity contribution in [2.75, 3.05) is 13.7 Å². The number of carbonyl (C=O) groups is 1. The quantitative estimate of drug-likeness (QED) is 0.704. The summed E-state index contributed by atoms with van der Waals surface area (Å²) in [5.41, 5.74) is 0.346. The van der Waals surface area contributed by atoms with Crippen LogP contribution < -0.4 is 19.9 Å². The summed E-state index contributed by atoms with van der Waals surface area (Å²) in [4.78, 5) is 15.8. The van der Waals surface area contributed by atoms with Gasteiger partial charge in [-0.25, -0.2) is 18.5 Å². The van der Waals surface area contributed by atoms with Gasteiger partial charge in [0, 0.05) is 18.8 Å². The lowest BCUT2D eigenvalue weighted by atomic mass is 10.1. The van der Waals surface area contributed by atoms with Crippen molar-refractivity contribution in [2.24, 2.45) is 5.14 Å². The van der Waals surface area contributed by atoms with Crippen LogP contribution >= 0.6 is 0 Å². The monoisotopic (exact) mass is 419 g/mol. The summed E-state index contributed by atoms with van der Waals surface area (Å²) in [5, 5.41) is 7.56. The van der Waals surface area contributed by atoms with Gasteiger partial charge in [-0.15, -0.1) is 0 Å². The Morgan fingerprint density at radius 1 is 1.25 bits per heavy atom. The Labute approximate surface area is 158 Å². The number of alkyl halides is 3. The summed E-state index contributed by atoms with van der Waals surface area (Å²) < 4.78 is 69.1. The van der Waals surface area contributed by atoms with E-state index in [0.717, 1.165) is 6.07 Å². The highest BCUT2D eigenvalue weighted by molar-refractivity contribution is 7.89. The second kappa shape index (κ2) is 8.44. The molecule has 0 saturated carbocycles. The Hall–Kier alpha value is -2.86. The molecule has 0 aliphatic heterocycles. The number of rotatable bonds is 7. The number of halogens is 3. The van der Waals surface area contributed by atoms with E-state index < -0.39 is 28.7 Å². The molecule has 0 aliphatic rings. The third-order valence-electron chi connectivity index (χ3n) is 3.38. The lowest BCUT2D eigenvalue weighted by Crippen LogP contribution is -2.24. The maximum Gasteiger partial charge on any atom is 0.422 e. The van der Waals surface area contributed by atoms with Crippen LogP contribution in [0.2, 0.25) is 0 Å². The van der Waals surface area contributed by atoms with Gasteiger partial charge in [-0.2, -0.15) is 13.2 Å². The minimum absolute atomic E-state index is 0.0726. The largest absolute Gasteiger partial charge is 0.496 e. The van der Waals surface area contributed by atoms with Gasteiger partial charge < -0.3 is 14.8 Å². The van der Waals surface area contributed by atoms with Gasteiger partial charge in [0.2, 0.25) is 15.9 Å². The number of hydrogen-bond donors (Lipinski definition) is 2. The van der Waals surface area contributed by atoms with Crippen LogP contribution in [0.15, 0.2) is 41.4 Å². The molecular formula is C16H16F3N3O5S. The molecule has 0 atom stereocenters. The molecule has 0 unspecified atom stereocenters.